The zero-order valence-corrected chi connectivity index (χ0v) is 14.3. The fourth-order valence-electron chi connectivity index (χ4n) is 1.76. The molecule has 21 heavy (non-hydrogen) atoms. The average Bonchev–Trinajstić information content (AvgIpc) is 2.40. The van der Waals surface area contributed by atoms with Crippen molar-refractivity contribution < 1.29 is 17.6 Å². The molecule has 0 aromatic heterocycles. The topological polar surface area (TPSA) is 66.5 Å². The number of hydrogen-bond donors (Lipinski definition) is 1. The second kappa shape index (κ2) is 7.86. The Balaban J connectivity index is 2.45. The molecule has 1 rings (SSSR count). The Morgan fingerprint density at radius 3 is 2.62 bits per heavy atom. The van der Waals surface area contributed by atoms with Crippen LogP contribution in [0.3, 0.4) is 0 Å². The zero-order valence-electron chi connectivity index (χ0n) is 11.9. The Morgan fingerprint density at radius 1 is 1.43 bits per heavy atom. The molecule has 0 bridgehead atoms. The molecule has 0 fully saturated rings. The number of carbonyl (C=O) groups excluding carboxylic acids is 1. The van der Waals surface area contributed by atoms with E-state index in [1.54, 1.807) is 6.92 Å². The highest BCUT2D eigenvalue weighted by atomic mass is 79.9. The van der Waals surface area contributed by atoms with Crippen molar-refractivity contribution in [2.45, 2.75) is 13.3 Å². The molecular weight excluding hydrogens is 363 g/mol. The summed E-state index contributed by atoms with van der Waals surface area (Å²) in [6, 6.07) is 4.12. The zero-order chi connectivity index (χ0) is 16.0. The number of halogens is 2. The molecule has 0 saturated heterocycles. The first-order valence-electron chi connectivity index (χ1n) is 6.44. The number of sulfonamides is 1. The van der Waals surface area contributed by atoms with Crippen molar-refractivity contribution in [2.75, 3.05) is 25.9 Å². The van der Waals surface area contributed by atoms with Gasteiger partial charge in [0, 0.05) is 25.2 Å². The molecule has 5 nitrogen and oxygen atoms in total. The van der Waals surface area contributed by atoms with Gasteiger partial charge in [0.2, 0.25) is 10.0 Å². The van der Waals surface area contributed by atoms with Crippen LogP contribution >= 0.6 is 15.9 Å². The molecule has 0 radical (unpaired) electrons. The molecule has 0 unspecified atom stereocenters. The lowest BCUT2D eigenvalue weighted by Crippen LogP contribution is -2.33. The number of rotatable bonds is 7. The van der Waals surface area contributed by atoms with Crippen LogP contribution in [0.5, 0.6) is 0 Å². The third-order valence-corrected chi connectivity index (χ3v) is 4.90. The van der Waals surface area contributed by atoms with Crippen LogP contribution in [-0.4, -0.2) is 44.5 Å². The van der Waals surface area contributed by atoms with Crippen LogP contribution in [0.25, 0.3) is 0 Å². The maximum absolute atomic E-state index is 13.3. The summed E-state index contributed by atoms with van der Waals surface area (Å²) in [6.07, 6.45) is 1.64. The molecule has 1 N–H and O–H groups in total. The van der Waals surface area contributed by atoms with E-state index < -0.39 is 15.8 Å². The van der Waals surface area contributed by atoms with Crippen LogP contribution in [0.2, 0.25) is 0 Å². The van der Waals surface area contributed by atoms with Crippen molar-refractivity contribution in [3.05, 3.63) is 34.1 Å². The maximum Gasteiger partial charge on any atom is 0.251 e. The smallest absolute Gasteiger partial charge is 0.251 e. The molecule has 1 aromatic rings. The summed E-state index contributed by atoms with van der Waals surface area (Å²) < 4.78 is 37.7. The first-order valence-corrected chi connectivity index (χ1v) is 9.08. The standard InChI is InChI=1S/C13H18BrFN2O3S/c1-3-17(21(2,19)20)8-4-7-16-13(18)10-5-6-11(14)12(15)9-10/h5-6,9H,3-4,7-8H2,1-2H3,(H,16,18). The van der Waals surface area contributed by atoms with Crippen LogP contribution in [0.4, 0.5) is 4.39 Å². The molecule has 1 aromatic carbocycles. The van der Waals surface area contributed by atoms with Crippen molar-refractivity contribution >= 4 is 31.9 Å². The molecule has 0 saturated carbocycles. The normalized spacial score (nSPS) is 11.7. The Kier molecular flexibility index (Phi) is 6.76. The first kappa shape index (κ1) is 18.1. The van der Waals surface area contributed by atoms with Crippen LogP contribution in [-0.2, 0) is 10.0 Å². The Hall–Kier alpha value is -0.990. The molecule has 118 valence electrons. The van der Waals surface area contributed by atoms with E-state index in [-0.39, 0.29) is 11.5 Å². The minimum Gasteiger partial charge on any atom is -0.352 e. The lowest BCUT2D eigenvalue weighted by Gasteiger charge is -2.17. The number of carbonyl (C=O) groups is 1. The summed E-state index contributed by atoms with van der Waals surface area (Å²) in [7, 11) is -3.21. The van der Waals surface area contributed by atoms with E-state index in [1.165, 1.54) is 16.4 Å². The minimum absolute atomic E-state index is 0.228. The lowest BCUT2D eigenvalue weighted by molar-refractivity contribution is 0.0952. The van der Waals surface area contributed by atoms with Crippen molar-refractivity contribution in [2.24, 2.45) is 0 Å². The van der Waals surface area contributed by atoms with E-state index in [9.17, 15) is 17.6 Å². The number of nitrogens with zero attached hydrogens (tertiary/aromatic N) is 1. The quantitative estimate of drug-likeness (QED) is 0.735. The van der Waals surface area contributed by atoms with E-state index in [0.29, 0.717) is 30.5 Å². The number of amides is 1. The molecular formula is C13H18BrFN2O3S. The van der Waals surface area contributed by atoms with Gasteiger partial charge in [-0.3, -0.25) is 4.79 Å². The van der Waals surface area contributed by atoms with Crippen LogP contribution in [0.1, 0.15) is 23.7 Å². The van der Waals surface area contributed by atoms with E-state index >= 15 is 0 Å². The average molecular weight is 381 g/mol. The predicted molar refractivity (Wildman–Crippen MR) is 83.1 cm³/mol. The van der Waals surface area contributed by atoms with Crippen molar-refractivity contribution in [3.63, 3.8) is 0 Å². The highest BCUT2D eigenvalue weighted by Gasteiger charge is 2.14. The maximum atomic E-state index is 13.3. The van der Waals surface area contributed by atoms with Crippen LogP contribution in [0, 0.1) is 5.82 Å². The summed E-state index contributed by atoms with van der Waals surface area (Å²) in [5.41, 5.74) is 0.228. The summed E-state index contributed by atoms with van der Waals surface area (Å²) in [5, 5.41) is 2.63. The largest absolute Gasteiger partial charge is 0.352 e. The van der Waals surface area contributed by atoms with Gasteiger partial charge in [-0.15, -0.1) is 0 Å². The molecule has 0 atom stereocenters. The molecule has 8 heteroatoms. The van der Waals surface area contributed by atoms with E-state index in [1.807, 2.05) is 0 Å². The first-order chi connectivity index (χ1) is 9.75. The Morgan fingerprint density at radius 2 is 2.10 bits per heavy atom. The van der Waals surface area contributed by atoms with Gasteiger partial charge in [-0.1, -0.05) is 6.92 Å². The highest BCUT2D eigenvalue weighted by Crippen LogP contribution is 2.16. The molecule has 0 aliphatic carbocycles. The van der Waals surface area contributed by atoms with Crippen LogP contribution in [0.15, 0.2) is 22.7 Å². The van der Waals surface area contributed by atoms with Crippen molar-refractivity contribution in [1.29, 1.82) is 0 Å². The second-order valence-electron chi connectivity index (χ2n) is 4.49. The second-order valence-corrected chi connectivity index (χ2v) is 7.33. The minimum atomic E-state index is -3.21. The van der Waals surface area contributed by atoms with Gasteiger partial charge in [0.1, 0.15) is 5.82 Å². The van der Waals surface area contributed by atoms with Crippen molar-refractivity contribution in [3.8, 4) is 0 Å². The Labute approximate surface area is 132 Å². The number of nitrogens with one attached hydrogen (secondary N) is 1. The van der Waals surface area contributed by atoms with Gasteiger partial charge in [-0.2, -0.15) is 0 Å². The summed E-state index contributed by atoms with van der Waals surface area (Å²) in [5.74, 6) is -0.888. The van der Waals surface area contributed by atoms with E-state index in [4.69, 9.17) is 0 Å². The Bertz CT molecular complexity index is 607. The number of hydrogen-bond acceptors (Lipinski definition) is 3. The van der Waals surface area contributed by atoms with E-state index in [0.717, 1.165) is 12.3 Å². The van der Waals surface area contributed by atoms with Crippen LogP contribution < -0.4 is 5.32 Å². The van der Waals surface area contributed by atoms with Gasteiger partial charge in [-0.25, -0.2) is 17.1 Å². The fraction of sp³-hybridized carbons (Fsp3) is 0.462. The van der Waals surface area contributed by atoms with Gasteiger partial charge in [0.05, 0.1) is 10.7 Å². The molecule has 0 aliphatic heterocycles. The van der Waals surface area contributed by atoms with Gasteiger partial charge in [0.25, 0.3) is 5.91 Å². The number of benzene rings is 1. The van der Waals surface area contributed by atoms with E-state index in [2.05, 4.69) is 21.2 Å². The van der Waals surface area contributed by atoms with Gasteiger partial charge >= 0.3 is 0 Å². The van der Waals surface area contributed by atoms with Gasteiger partial charge in [-0.05, 0) is 40.5 Å². The molecule has 0 spiro atoms. The van der Waals surface area contributed by atoms with Crippen molar-refractivity contribution in [1.82, 2.24) is 9.62 Å². The summed E-state index contributed by atoms with van der Waals surface area (Å²) in [6.45, 7) is 2.81. The molecule has 1 amide bonds. The van der Waals surface area contributed by atoms with Gasteiger partial charge < -0.3 is 5.32 Å². The molecule has 0 heterocycles. The fourth-order valence-corrected chi connectivity index (χ4v) is 2.93. The summed E-state index contributed by atoms with van der Waals surface area (Å²) in [4.78, 5) is 11.8. The predicted octanol–water partition coefficient (Wildman–Crippen LogP) is 1.99. The van der Waals surface area contributed by atoms with Gasteiger partial charge in [0.15, 0.2) is 0 Å². The SMILES string of the molecule is CCN(CCCNC(=O)c1ccc(Br)c(F)c1)S(C)(=O)=O. The molecule has 0 aliphatic rings. The monoisotopic (exact) mass is 380 g/mol. The third kappa shape index (κ3) is 5.72. The lowest BCUT2D eigenvalue weighted by atomic mass is 10.2. The highest BCUT2D eigenvalue weighted by molar-refractivity contribution is 9.10. The summed E-state index contributed by atoms with van der Waals surface area (Å²) >= 11 is 3.02. The third-order valence-electron chi connectivity index (χ3n) is 2.87.